The Labute approximate surface area is 126 Å². The first kappa shape index (κ1) is 13.0. The Morgan fingerprint density at radius 2 is 2.15 bits per heavy atom. The number of hydrogen-bond acceptors (Lipinski definition) is 3. The first-order valence-corrected chi connectivity index (χ1v) is 6.64. The maximum atomic E-state index is 14.6. The third-order valence-electron chi connectivity index (χ3n) is 2.93. The highest BCUT2D eigenvalue weighted by atomic mass is 127. The monoisotopic (exact) mass is 386 g/mol. The lowest BCUT2D eigenvalue weighted by molar-refractivity contribution is 0.197. The van der Waals surface area contributed by atoms with E-state index in [4.69, 9.17) is 5.11 Å². The van der Waals surface area contributed by atoms with Crippen molar-refractivity contribution in [1.82, 2.24) is 19.3 Å². The van der Waals surface area contributed by atoms with Crippen LogP contribution in [0.4, 0.5) is 9.18 Å². The molecule has 3 aromatic rings. The molecule has 0 bridgehead atoms. The highest BCUT2D eigenvalue weighted by Gasteiger charge is 2.19. The Balaban J connectivity index is 2.31. The van der Waals surface area contributed by atoms with Crippen LogP contribution in [0, 0.1) is 9.39 Å². The molecule has 3 heterocycles. The zero-order valence-corrected chi connectivity index (χ0v) is 12.4. The van der Waals surface area contributed by atoms with Crippen LogP contribution in [0.15, 0.2) is 24.8 Å². The van der Waals surface area contributed by atoms with Gasteiger partial charge in [0, 0.05) is 40.3 Å². The number of carboxylic acid groups (broad SMARTS) is 1. The quantitative estimate of drug-likeness (QED) is 0.653. The van der Waals surface area contributed by atoms with Crippen molar-refractivity contribution in [3.63, 3.8) is 0 Å². The molecule has 0 radical (unpaired) electrons. The van der Waals surface area contributed by atoms with E-state index in [0.717, 1.165) is 4.57 Å². The van der Waals surface area contributed by atoms with Crippen molar-refractivity contribution >= 4 is 39.7 Å². The summed E-state index contributed by atoms with van der Waals surface area (Å²) in [7, 11) is 1.73. The maximum Gasteiger partial charge on any atom is 0.417 e. The molecule has 0 amide bonds. The van der Waals surface area contributed by atoms with Crippen LogP contribution in [0.5, 0.6) is 0 Å². The van der Waals surface area contributed by atoms with Crippen molar-refractivity contribution < 1.29 is 14.3 Å². The van der Waals surface area contributed by atoms with Gasteiger partial charge in [-0.15, -0.1) is 0 Å². The number of rotatable bonds is 1. The summed E-state index contributed by atoms with van der Waals surface area (Å²) in [4.78, 5) is 15.2. The Hall–Kier alpha value is -1.97. The third kappa shape index (κ3) is 1.87. The number of nitrogens with zero attached hydrogens (tertiary/aromatic N) is 4. The second-order valence-corrected chi connectivity index (χ2v) is 5.38. The number of hydrogen-bond donors (Lipinski definition) is 1. The molecule has 3 rings (SSSR count). The van der Waals surface area contributed by atoms with E-state index in [2.05, 4.69) is 10.1 Å². The molecular formula is C12H8FIN4O2. The number of pyridine rings is 1. The van der Waals surface area contributed by atoms with Crippen LogP contribution in [-0.2, 0) is 7.05 Å². The molecule has 0 saturated heterocycles. The lowest BCUT2D eigenvalue weighted by atomic mass is 10.1. The van der Waals surface area contributed by atoms with Gasteiger partial charge in [0.05, 0.1) is 11.6 Å². The summed E-state index contributed by atoms with van der Waals surface area (Å²) >= 11 is 1.89. The summed E-state index contributed by atoms with van der Waals surface area (Å²) in [5, 5.41) is 13.3. The lowest BCUT2D eigenvalue weighted by Gasteiger charge is -2.02. The Morgan fingerprint density at radius 3 is 2.75 bits per heavy atom. The van der Waals surface area contributed by atoms with Gasteiger partial charge in [-0.3, -0.25) is 4.68 Å². The molecule has 102 valence electrons. The van der Waals surface area contributed by atoms with Gasteiger partial charge in [0.2, 0.25) is 0 Å². The maximum absolute atomic E-state index is 14.6. The molecule has 0 fully saturated rings. The summed E-state index contributed by atoms with van der Waals surface area (Å²) in [6, 6.07) is 0. The molecular weight excluding hydrogens is 378 g/mol. The minimum Gasteiger partial charge on any atom is -0.464 e. The van der Waals surface area contributed by atoms with Gasteiger partial charge in [-0.25, -0.2) is 18.7 Å². The van der Waals surface area contributed by atoms with Gasteiger partial charge in [-0.2, -0.15) is 5.10 Å². The molecule has 0 aliphatic heterocycles. The second kappa shape index (κ2) is 4.54. The van der Waals surface area contributed by atoms with Crippen LogP contribution >= 0.6 is 22.6 Å². The van der Waals surface area contributed by atoms with E-state index < -0.39 is 11.9 Å². The molecule has 3 aromatic heterocycles. The minimum absolute atomic E-state index is 0.0899. The van der Waals surface area contributed by atoms with Crippen LogP contribution < -0.4 is 0 Å². The molecule has 6 nitrogen and oxygen atoms in total. The first-order chi connectivity index (χ1) is 9.49. The normalized spacial score (nSPS) is 11.2. The molecule has 0 spiro atoms. The summed E-state index contributed by atoms with van der Waals surface area (Å²) in [6.45, 7) is 0. The average molecular weight is 386 g/mol. The van der Waals surface area contributed by atoms with Gasteiger partial charge < -0.3 is 5.11 Å². The summed E-state index contributed by atoms with van der Waals surface area (Å²) in [5.74, 6) is -0.493. The summed E-state index contributed by atoms with van der Waals surface area (Å²) in [5.41, 5.74) is 0.983. The smallest absolute Gasteiger partial charge is 0.417 e. The number of aromatic nitrogens is 4. The van der Waals surface area contributed by atoms with Crippen molar-refractivity contribution in [1.29, 1.82) is 0 Å². The molecule has 0 aliphatic carbocycles. The standard InChI is InChI=1S/C12H8FIN4O2/c1-17-4-6(2-16-17)7-3-15-11-9(10(7)13)8(14)5-18(11)12(19)20/h2-5H,1H3,(H,19,20). The van der Waals surface area contributed by atoms with Crippen LogP contribution in [0.2, 0.25) is 0 Å². The Morgan fingerprint density at radius 1 is 1.40 bits per heavy atom. The van der Waals surface area contributed by atoms with E-state index in [0.29, 0.717) is 14.7 Å². The van der Waals surface area contributed by atoms with Gasteiger partial charge in [0.25, 0.3) is 0 Å². The predicted molar refractivity (Wildman–Crippen MR) is 78.0 cm³/mol. The molecule has 0 saturated carbocycles. The van der Waals surface area contributed by atoms with Crippen molar-refractivity contribution in [3.05, 3.63) is 34.2 Å². The molecule has 0 aromatic carbocycles. The second-order valence-electron chi connectivity index (χ2n) is 4.22. The van der Waals surface area contributed by atoms with Gasteiger partial charge in [0.15, 0.2) is 5.65 Å². The lowest BCUT2D eigenvalue weighted by Crippen LogP contribution is -2.07. The highest BCUT2D eigenvalue weighted by molar-refractivity contribution is 14.1. The summed E-state index contributed by atoms with van der Waals surface area (Å²) < 4.78 is 17.6. The summed E-state index contributed by atoms with van der Waals surface area (Å²) in [6.07, 6.45) is 4.68. The van der Waals surface area contributed by atoms with E-state index in [9.17, 15) is 9.18 Å². The molecule has 0 atom stereocenters. The Bertz CT molecular complexity index is 839. The fraction of sp³-hybridized carbons (Fsp3) is 0.0833. The number of fused-ring (bicyclic) bond motifs is 1. The van der Waals surface area contributed by atoms with E-state index in [1.165, 1.54) is 18.6 Å². The van der Waals surface area contributed by atoms with Gasteiger partial charge in [-0.05, 0) is 22.6 Å². The zero-order chi connectivity index (χ0) is 14.4. The SMILES string of the molecule is Cn1cc(-c2cnc3c(c(I)cn3C(=O)O)c2F)cn1. The Kier molecular flexibility index (Phi) is 2.96. The third-order valence-corrected chi connectivity index (χ3v) is 3.74. The topological polar surface area (TPSA) is 72.9 Å². The van der Waals surface area contributed by atoms with Crippen molar-refractivity contribution in [2.24, 2.45) is 7.05 Å². The molecule has 1 N–H and O–H groups in total. The highest BCUT2D eigenvalue weighted by Crippen LogP contribution is 2.30. The van der Waals surface area contributed by atoms with E-state index in [1.807, 2.05) is 22.6 Å². The van der Waals surface area contributed by atoms with E-state index in [-0.39, 0.29) is 11.0 Å². The van der Waals surface area contributed by atoms with Gasteiger partial charge in [-0.1, -0.05) is 0 Å². The average Bonchev–Trinajstić information content (AvgIpc) is 2.95. The van der Waals surface area contributed by atoms with Crippen molar-refractivity contribution in [3.8, 4) is 11.1 Å². The fourth-order valence-electron chi connectivity index (χ4n) is 2.02. The van der Waals surface area contributed by atoms with Crippen molar-refractivity contribution in [2.75, 3.05) is 0 Å². The molecule has 20 heavy (non-hydrogen) atoms. The largest absolute Gasteiger partial charge is 0.464 e. The number of halogens is 2. The van der Waals surface area contributed by atoms with Crippen LogP contribution in [0.1, 0.15) is 0 Å². The van der Waals surface area contributed by atoms with Crippen LogP contribution in [0.25, 0.3) is 22.2 Å². The number of aryl methyl sites for hydroxylation is 1. The van der Waals surface area contributed by atoms with Crippen molar-refractivity contribution in [2.45, 2.75) is 0 Å². The van der Waals surface area contributed by atoms with Gasteiger partial charge in [0.1, 0.15) is 5.82 Å². The van der Waals surface area contributed by atoms with Crippen LogP contribution in [0.3, 0.4) is 0 Å². The first-order valence-electron chi connectivity index (χ1n) is 5.56. The number of carbonyl (C=O) groups is 1. The predicted octanol–water partition coefficient (Wildman–Crippen LogP) is 2.71. The molecule has 0 aliphatic rings. The zero-order valence-electron chi connectivity index (χ0n) is 10.2. The molecule has 0 unspecified atom stereocenters. The van der Waals surface area contributed by atoms with E-state index in [1.54, 1.807) is 17.9 Å². The van der Waals surface area contributed by atoms with Crippen LogP contribution in [-0.4, -0.2) is 30.5 Å². The van der Waals surface area contributed by atoms with E-state index >= 15 is 0 Å². The fourth-order valence-corrected chi connectivity index (χ4v) is 2.78. The molecule has 8 heteroatoms. The van der Waals surface area contributed by atoms with Gasteiger partial charge >= 0.3 is 6.09 Å². The minimum atomic E-state index is -1.20.